The van der Waals surface area contributed by atoms with Gasteiger partial charge >= 0.3 is 6.09 Å². The zero-order chi connectivity index (χ0) is 5.70. The quantitative estimate of drug-likeness (QED) is 0.430. The molecule has 0 rings (SSSR count). The highest BCUT2D eigenvalue weighted by Gasteiger charge is 1.89. The number of rotatable bonds is 1. The third kappa shape index (κ3) is 3.05. The molecule has 0 bridgehead atoms. The molecule has 0 fully saturated rings. The van der Waals surface area contributed by atoms with Gasteiger partial charge in [0.1, 0.15) is 0 Å². The number of nitrogens with one attached hydrogen (secondary N) is 1. The van der Waals surface area contributed by atoms with Gasteiger partial charge in [0.15, 0.2) is 0 Å². The Labute approximate surface area is 41.6 Å². The lowest BCUT2D eigenvalue weighted by Crippen LogP contribution is -2.28. The van der Waals surface area contributed by atoms with E-state index in [1.54, 1.807) is 0 Å². The minimum atomic E-state index is -0.498. The predicted octanol–water partition coefficient (Wildman–Crippen LogP) is -0.741. The molecule has 0 aliphatic carbocycles. The monoisotopic (exact) mass is 104 g/mol. The third-order valence-corrected chi connectivity index (χ3v) is 0.432. The van der Waals surface area contributed by atoms with Gasteiger partial charge in [-0.05, 0) is 0 Å². The molecule has 0 saturated carbocycles. The van der Waals surface area contributed by atoms with Gasteiger partial charge in [-0.1, -0.05) is 0 Å². The smallest absolute Gasteiger partial charge is 0.407 e. The fraction of sp³-hybridized carbons (Fsp3) is 0.667. The summed E-state index contributed by atoms with van der Waals surface area (Å²) < 4.78 is 4.16. The highest BCUT2D eigenvalue weighted by Crippen LogP contribution is 1.63. The van der Waals surface area contributed by atoms with Gasteiger partial charge in [0, 0.05) is 0 Å². The van der Waals surface area contributed by atoms with Crippen molar-refractivity contribution in [1.82, 2.24) is 5.32 Å². The summed E-state index contributed by atoms with van der Waals surface area (Å²) in [6.45, 7) is 0.118. The first-order valence-electron chi connectivity index (χ1n) is 1.83. The topological polar surface area (TPSA) is 64.3 Å². The Hall–Kier alpha value is -0.770. The molecule has 4 nitrogen and oxygen atoms in total. The lowest BCUT2D eigenvalue weighted by Gasteiger charge is -1.95. The number of carbonyl (C=O) groups is 1. The van der Waals surface area contributed by atoms with Gasteiger partial charge in [-0.25, -0.2) is 4.79 Å². The number of amides is 1. The molecule has 0 aromatic carbocycles. The van der Waals surface area contributed by atoms with Crippen LogP contribution in [0.3, 0.4) is 0 Å². The molecule has 0 aromatic rings. The van der Waals surface area contributed by atoms with Crippen molar-refractivity contribution in [3.05, 3.63) is 0 Å². The van der Waals surface area contributed by atoms with E-state index in [9.17, 15) is 4.79 Å². The van der Waals surface area contributed by atoms with Gasteiger partial charge in [0.25, 0.3) is 0 Å². The minimum Gasteiger partial charge on any atom is -0.453 e. The lowest BCUT2D eigenvalue weighted by molar-refractivity contribution is 0.171. The minimum absolute atomic E-state index is 0.118. The molecule has 4 heteroatoms. The number of alkyl carbamates (subject to hydrolysis) is 1. The maximum absolute atomic E-state index is 10.00. The Morgan fingerprint density at radius 1 is 2.00 bits per heavy atom. The van der Waals surface area contributed by atoms with Crippen molar-refractivity contribution in [3.63, 3.8) is 0 Å². The summed E-state index contributed by atoms with van der Waals surface area (Å²) in [5.41, 5.74) is 4.89. The predicted molar refractivity (Wildman–Crippen MR) is 24.6 cm³/mol. The Morgan fingerprint density at radius 3 is 2.71 bits per heavy atom. The average molecular weight is 104 g/mol. The molecule has 3 N–H and O–H groups in total. The maximum atomic E-state index is 10.00. The van der Waals surface area contributed by atoms with Crippen LogP contribution in [0.4, 0.5) is 4.79 Å². The van der Waals surface area contributed by atoms with E-state index < -0.39 is 6.09 Å². The largest absolute Gasteiger partial charge is 0.453 e. The molecule has 0 spiro atoms. The van der Waals surface area contributed by atoms with Crippen molar-refractivity contribution in [3.8, 4) is 0 Å². The Balaban J connectivity index is 3.00. The average Bonchev–Trinajstić information content (AvgIpc) is 1.68. The summed E-state index contributed by atoms with van der Waals surface area (Å²) in [4.78, 5) is 10.00. The lowest BCUT2D eigenvalue weighted by atomic mass is 11.0. The Kier molecular flexibility index (Phi) is 3.04. The van der Waals surface area contributed by atoms with Crippen molar-refractivity contribution < 1.29 is 9.53 Å². The molecule has 0 aliphatic rings. The summed E-state index contributed by atoms with van der Waals surface area (Å²) in [5.74, 6) is 0. The Bertz CT molecular complexity index is 64.0. The van der Waals surface area contributed by atoms with E-state index in [-0.39, 0.29) is 6.67 Å². The van der Waals surface area contributed by atoms with Crippen LogP contribution in [0.5, 0.6) is 0 Å². The van der Waals surface area contributed by atoms with E-state index in [0.717, 1.165) is 0 Å². The van der Waals surface area contributed by atoms with Gasteiger partial charge < -0.3 is 15.8 Å². The van der Waals surface area contributed by atoms with Crippen LogP contribution in [-0.4, -0.2) is 19.9 Å². The summed E-state index contributed by atoms with van der Waals surface area (Å²) in [5, 5.41) is 2.21. The van der Waals surface area contributed by atoms with Crippen molar-refractivity contribution in [2.24, 2.45) is 5.73 Å². The van der Waals surface area contributed by atoms with Crippen molar-refractivity contribution in [2.75, 3.05) is 13.8 Å². The molecule has 0 aliphatic heterocycles. The first kappa shape index (κ1) is 6.23. The molecule has 0 saturated heterocycles. The number of carbonyl (C=O) groups excluding carboxylic acids is 1. The third-order valence-electron chi connectivity index (χ3n) is 0.432. The number of hydrogen-bond acceptors (Lipinski definition) is 3. The second-order valence-corrected chi connectivity index (χ2v) is 0.872. The van der Waals surface area contributed by atoms with Crippen LogP contribution in [0.25, 0.3) is 0 Å². The fourth-order valence-corrected chi connectivity index (χ4v) is 0.156. The normalized spacial score (nSPS) is 7.71. The first-order valence-corrected chi connectivity index (χ1v) is 1.83. The second kappa shape index (κ2) is 3.42. The van der Waals surface area contributed by atoms with Gasteiger partial charge in [-0.2, -0.15) is 0 Å². The molecule has 42 valence electrons. The van der Waals surface area contributed by atoms with Crippen molar-refractivity contribution >= 4 is 6.09 Å². The molecule has 0 heterocycles. The molecule has 0 aromatic heterocycles. The van der Waals surface area contributed by atoms with Gasteiger partial charge in [0.05, 0.1) is 13.8 Å². The summed E-state index contributed by atoms with van der Waals surface area (Å²) in [6.07, 6.45) is -0.498. The number of ether oxygens (including phenoxy) is 1. The number of hydrogen-bond donors (Lipinski definition) is 2. The molecule has 1 amide bonds. The summed E-state index contributed by atoms with van der Waals surface area (Å²) in [7, 11) is 1.28. The van der Waals surface area contributed by atoms with E-state index in [1.165, 1.54) is 7.11 Å². The van der Waals surface area contributed by atoms with E-state index in [0.29, 0.717) is 0 Å². The molecular formula is C3H8N2O2. The Morgan fingerprint density at radius 2 is 2.57 bits per heavy atom. The summed E-state index contributed by atoms with van der Waals surface area (Å²) >= 11 is 0. The highest BCUT2D eigenvalue weighted by atomic mass is 16.5. The van der Waals surface area contributed by atoms with Crippen LogP contribution in [0.15, 0.2) is 0 Å². The number of nitrogens with two attached hydrogens (primary N) is 1. The molecule has 7 heavy (non-hydrogen) atoms. The zero-order valence-corrected chi connectivity index (χ0v) is 4.10. The van der Waals surface area contributed by atoms with Crippen LogP contribution in [0, 0.1) is 0 Å². The van der Waals surface area contributed by atoms with Gasteiger partial charge in [-0.15, -0.1) is 0 Å². The zero-order valence-electron chi connectivity index (χ0n) is 4.10. The van der Waals surface area contributed by atoms with Crippen LogP contribution < -0.4 is 11.1 Å². The number of methoxy groups -OCH3 is 1. The van der Waals surface area contributed by atoms with E-state index in [2.05, 4.69) is 10.1 Å². The van der Waals surface area contributed by atoms with Crippen LogP contribution in [0.1, 0.15) is 0 Å². The van der Waals surface area contributed by atoms with Gasteiger partial charge in [-0.3, -0.25) is 0 Å². The first-order chi connectivity index (χ1) is 3.31. The van der Waals surface area contributed by atoms with E-state index in [4.69, 9.17) is 5.73 Å². The van der Waals surface area contributed by atoms with Crippen molar-refractivity contribution in [1.29, 1.82) is 0 Å². The second-order valence-electron chi connectivity index (χ2n) is 0.872. The van der Waals surface area contributed by atoms with E-state index >= 15 is 0 Å². The standard InChI is InChI=1S/C3H8N2O2/c1-7-3(6)5-2-4/h2,4H2,1H3,(H,5,6). The fourth-order valence-electron chi connectivity index (χ4n) is 0.156. The van der Waals surface area contributed by atoms with Crippen LogP contribution in [0.2, 0.25) is 0 Å². The molecule has 0 unspecified atom stereocenters. The highest BCUT2D eigenvalue weighted by molar-refractivity contribution is 5.66. The molecular weight excluding hydrogens is 96.0 g/mol. The van der Waals surface area contributed by atoms with E-state index in [1.807, 2.05) is 0 Å². The molecule has 0 radical (unpaired) electrons. The van der Waals surface area contributed by atoms with Gasteiger partial charge in [0.2, 0.25) is 0 Å². The van der Waals surface area contributed by atoms with Crippen molar-refractivity contribution in [2.45, 2.75) is 0 Å². The van der Waals surface area contributed by atoms with Crippen LogP contribution >= 0.6 is 0 Å². The molecule has 0 atom stereocenters. The maximum Gasteiger partial charge on any atom is 0.407 e. The summed E-state index contributed by atoms with van der Waals surface area (Å²) in [6, 6.07) is 0. The SMILES string of the molecule is COC(=O)NCN. The van der Waals surface area contributed by atoms with Crippen LogP contribution in [-0.2, 0) is 4.74 Å².